The van der Waals surface area contributed by atoms with Crippen LogP contribution in [0.1, 0.15) is 10.4 Å². The first-order chi connectivity index (χ1) is 8.27. The van der Waals surface area contributed by atoms with Crippen LogP contribution in [0.15, 0.2) is 24.3 Å². The van der Waals surface area contributed by atoms with E-state index >= 15 is 0 Å². The maximum Gasteiger partial charge on any atom is 0.337 e. The summed E-state index contributed by atoms with van der Waals surface area (Å²) in [6.45, 7) is 1.13. The Kier molecular flexibility index (Phi) is 6.06. The fraction of sp³-hybridized carbons (Fsp3) is 0.417. The molecule has 1 aromatic rings. The number of methoxy groups -OCH3 is 1. The zero-order valence-corrected chi connectivity index (χ0v) is 9.72. The van der Waals surface area contributed by atoms with Crippen LogP contribution in [0.2, 0.25) is 0 Å². The lowest BCUT2D eigenvalue weighted by molar-refractivity contribution is 0.0600. The summed E-state index contributed by atoms with van der Waals surface area (Å²) < 4.78 is 15.0. The van der Waals surface area contributed by atoms with E-state index in [9.17, 15) is 4.79 Å². The van der Waals surface area contributed by atoms with Gasteiger partial charge in [0.15, 0.2) is 0 Å². The third kappa shape index (κ3) is 4.84. The number of carbonyl (C=O) groups is 1. The summed E-state index contributed by atoms with van der Waals surface area (Å²) >= 11 is 0. The molecule has 0 aliphatic carbocycles. The van der Waals surface area contributed by atoms with Gasteiger partial charge in [0.1, 0.15) is 12.4 Å². The van der Waals surface area contributed by atoms with Gasteiger partial charge in [-0.3, -0.25) is 0 Å². The van der Waals surface area contributed by atoms with Crippen molar-refractivity contribution < 1.29 is 24.1 Å². The van der Waals surface area contributed by atoms with Crippen LogP contribution in [0, 0.1) is 0 Å². The normalized spacial score (nSPS) is 10.0. The van der Waals surface area contributed by atoms with Crippen LogP contribution >= 0.6 is 0 Å². The summed E-state index contributed by atoms with van der Waals surface area (Å²) in [4.78, 5) is 11.2. The van der Waals surface area contributed by atoms with Crippen LogP contribution in [0.4, 0.5) is 0 Å². The molecule has 0 amide bonds. The number of carbonyl (C=O) groups excluding carboxylic acids is 1. The second kappa shape index (κ2) is 7.65. The van der Waals surface area contributed by atoms with E-state index in [1.807, 2.05) is 0 Å². The molecule has 1 N–H and O–H groups in total. The Labute approximate surface area is 99.9 Å². The van der Waals surface area contributed by atoms with Crippen molar-refractivity contribution >= 4 is 5.97 Å². The monoisotopic (exact) mass is 240 g/mol. The summed E-state index contributed by atoms with van der Waals surface area (Å²) in [7, 11) is 1.34. The highest BCUT2D eigenvalue weighted by Crippen LogP contribution is 2.12. The number of hydrogen-bond acceptors (Lipinski definition) is 5. The Morgan fingerprint density at radius 2 is 1.88 bits per heavy atom. The molecule has 0 aliphatic rings. The first-order valence-electron chi connectivity index (χ1n) is 5.27. The van der Waals surface area contributed by atoms with Gasteiger partial charge in [-0.2, -0.15) is 0 Å². The molecule has 5 nitrogen and oxygen atoms in total. The minimum Gasteiger partial charge on any atom is -0.491 e. The van der Waals surface area contributed by atoms with Crippen LogP contribution in [-0.4, -0.2) is 44.6 Å². The second-order valence-electron chi connectivity index (χ2n) is 3.20. The molecule has 0 aliphatic heterocycles. The van der Waals surface area contributed by atoms with Crippen molar-refractivity contribution in [2.75, 3.05) is 33.5 Å². The van der Waals surface area contributed by atoms with Gasteiger partial charge >= 0.3 is 5.97 Å². The van der Waals surface area contributed by atoms with E-state index in [-0.39, 0.29) is 12.6 Å². The molecule has 0 saturated heterocycles. The molecule has 1 aromatic carbocycles. The zero-order valence-electron chi connectivity index (χ0n) is 9.72. The van der Waals surface area contributed by atoms with Crippen molar-refractivity contribution in [3.63, 3.8) is 0 Å². The van der Waals surface area contributed by atoms with Gasteiger partial charge in [-0.1, -0.05) is 0 Å². The van der Waals surface area contributed by atoms with Gasteiger partial charge in [0, 0.05) is 0 Å². The van der Waals surface area contributed by atoms with Gasteiger partial charge in [0.2, 0.25) is 0 Å². The maximum absolute atomic E-state index is 11.2. The Bertz CT molecular complexity index is 333. The van der Waals surface area contributed by atoms with Crippen molar-refractivity contribution in [1.82, 2.24) is 0 Å². The van der Waals surface area contributed by atoms with Crippen LogP contribution < -0.4 is 4.74 Å². The first kappa shape index (κ1) is 13.5. The average Bonchev–Trinajstić information content (AvgIpc) is 2.38. The predicted octanol–water partition coefficient (Wildman–Crippen LogP) is 0.861. The molecule has 0 spiro atoms. The molecular weight excluding hydrogens is 224 g/mol. The Balaban J connectivity index is 2.33. The number of esters is 1. The van der Waals surface area contributed by atoms with Gasteiger partial charge in [-0.15, -0.1) is 0 Å². The van der Waals surface area contributed by atoms with Crippen LogP contribution in [0.3, 0.4) is 0 Å². The van der Waals surface area contributed by atoms with E-state index in [0.717, 1.165) is 0 Å². The summed E-state index contributed by atoms with van der Waals surface area (Å²) in [5.74, 6) is 0.285. The van der Waals surface area contributed by atoms with Gasteiger partial charge in [-0.25, -0.2) is 4.79 Å². The molecule has 0 fully saturated rings. The number of benzene rings is 1. The fourth-order valence-corrected chi connectivity index (χ4v) is 1.19. The molecule has 0 bridgehead atoms. The molecule has 5 heteroatoms. The third-order valence-corrected chi connectivity index (χ3v) is 2.01. The van der Waals surface area contributed by atoms with E-state index in [0.29, 0.717) is 31.1 Å². The SMILES string of the molecule is COC(=O)c1ccc(OCCOCCO)cc1. The minimum atomic E-state index is -0.372. The second-order valence-corrected chi connectivity index (χ2v) is 3.20. The van der Waals surface area contributed by atoms with E-state index < -0.39 is 0 Å². The van der Waals surface area contributed by atoms with E-state index in [1.165, 1.54) is 7.11 Å². The highest BCUT2D eigenvalue weighted by atomic mass is 16.5. The highest BCUT2D eigenvalue weighted by molar-refractivity contribution is 5.89. The van der Waals surface area contributed by atoms with Gasteiger partial charge in [0.25, 0.3) is 0 Å². The molecule has 0 unspecified atom stereocenters. The van der Waals surface area contributed by atoms with Crippen molar-refractivity contribution in [3.8, 4) is 5.75 Å². The standard InChI is InChI=1S/C12H16O5/c1-15-12(14)10-2-4-11(5-3-10)17-9-8-16-7-6-13/h2-5,13H,6-9H2,1H3. The zero-order chi connectivity index (χ0) is 12.5. The van der Waals surface area contributed by atoms with E-state index in [2.05, 4.69) is 4.74 Å². The quantitative estimate of drug-likeness (QED) is 0.565. The Hall–Kier alpha value is -1.59. The third-order valence-electron chi connectivity index (χ3n) is 2.01. The highest BCUT2D eigenvalue weighted by Gasteiger charge is 2.04. The largest absolute Gasteiger partial charge is 0.491 e. The maximum atomic E-state index is 11.2. The topological polar surface area (TPSA) is 65.0 Å². The van der Waals surface area contributed by atoms with Crippen molar-refractivity contribution in [3.05, 3.63) is 29.8 Å². The summed E-state index contributed by atoms with van der Waals surface area (Å²) in [6, 6.07) is 6.65. The fourth-order valence-electron chi connectivity index (χ4n) is 1.19. The Morgan fingerprint density at radius 3 is 2.47 bits per heavy atom. The van der Waals surface area contributed by atoms with Gasteiger partial charge in [0.05, 0.1) is 32.5 Å². The average molecular weight is 240 g/mol. The van der Waals surface area contributed by atoms with Gasteiger partial charge < -0.3 is 19.3 Å². The van der Waals surface area contributed by atoms with E-state index in [4.69, 9.17) is 14.6 Å². The van der Waals surface area contributed by atoms with Crippen LogP contribution in [-0.2, 0) is 9.47 Å². The summed E-state index contributed by atoms with van der Waals surface area (Å²) in [6.07, 6.45) is 0. The molecule has 1 rings (SSSR count). The van der Waals surface area contributed by atoms with Crippen molar-refractivity contribution in [1.29, 1.82) is 0 Å². The molecule has 0 radical (unpaired) electrons. The number of rotatable bonds is 7. The number of aliphatic hydroxyl groups excluding tert-OH is 1. The Morgan fingerprint density at radius 1 is 1.18 bits per heavy atom. The smallest absolute Gasteiger partial charge is 0.337 e. The first-order valence-corrected chi connectivity index (χ1v) is 5.27. The summed E-state index contributed by atoms with van der Waals surface area (Å²) in [5.41, 5.74) is 0.483. The minimum absolute atomic E-state index is 0.00776. The molecular formula is C12H16O5. The summed E-state index contributed by atoms with van der Waals surface area (Å²) in [5, 5.41) is 8.48. The molecule has 0 heterocycles. The lowest BCUT2D eigenvalue weighted by Crippen LogP contribution is -2.09. The van der Waals surface area contributed by atoms with E-state index in [1.54, 1.807) is 24.3 Å². The molecule has 17 heavy (non-hydrogen) atoms. The van der Waals surface area contributed by atoms with Crippen LogP contribution in [0.25, 0.3) is 0 Å². The van der Waals surface area contributed by atoms with Gasteiger partial charge in [-0.05, 0) is 24.3 Å². The number of ether oxygens (including phenoxy) is 3. The number of aliphatic hydroxyl groups is 1. The lowest BCUT2D eigenvalue weighted by atomic mass is 10.2. The number of hydrogen-bond donors (Lipinski definition) is 1. The predicted molar refractivity (Wildman–Crippen MR) is 61.2 cm³/mol. The van der Waals surface area contributed by atoms with Crippen molar-refractivity contribution in [2.24, 2.45) is 0 Å². The van der Waals surface area contributed by atoms with Crippen LogP contribution in [0.5, 0.6) is 5.75 Å². The molecule has 0 atom stereocenters. The molecule has 0 aromatic heterocycles. The van der Waals surface area contributed by atoms with Crippen molar-refractivity contribution in [2.45, 2.75) is 0 Å². The molecule has 94 valence electrons. The lowest BCUT2D eigenvalue weighted by Gasteiger charge is -2.06. The molecule has 0 saturated carbocycles.